The first kappa shape index (κ1) is 57.5. The van der Waals surface area contributed by atoms with E-state index < -0.39 is 20.0 Å². The monoisotopic (exact) mass is 852 g/mol. The second kappa shape index (κ2) is 41.8. The van der Waals surface area contributed by atoms with E-state index in [-0.39, 0.29) is 19.1 Å². The molecule has 3 atom stereocenters. The summed E-state index contributed by atoms with van der Waals surface area (Å²) < 4.78 is 23.5. The molecular weight excluding hydrogens is 756 g/mol. The molecule has 0 spiro atoms. The minimum absolute atomic E-state index is 0.0524. The molecule has 0 aliphatic rings. The molecule has 0 saturated carbocycles. The van der Waals surface area contributed by atoms with Crippen LogP contribution in [-0.2, 0) is 18.4 Å². The van der Waals surface area contributed by atoms with Gasteiger partial charge in [0.25, 0.3) is 0 Å². The fourth-order valence-electron chi connectivity index (χ4n) is 6.96. The highest BCUT2D eigenvalue weighted by Gasteiger charge is 2.27. The first-order chi connectivity index (χ1) is 28.5. The quantitative estimate of drug-likeness (QED) is 0.0244. The Kier molecular flexibility index (Phi) is 40.7. The molecule has 3 N–H and O–H groups in total. The van der Waals surface area contributed by atoms with E-state index in [1.807, 2.05) is 40.2 Å². The van der Waals surface area contributed by atoms with E-state index in [4.69, 9.17) is 9.05 Å². The SMILES string of the molecule is C/C=C/CC/C=C/CC/C=C/C(O)C(COP(=O)(O)OCC[N+](C)(C)C)NC(=O)CCCCCCCCCCCCCC/C=C\CCCCCCCCCCCCCC. The van der Waals surface area contributed by atoms with E-state index in [9.17, 15) is 19.4 Å². The summed E-state index contributed by atoms with van der Waals surface area (Å²) in [6.45, 7) is 4.55. The standard InChI is InChI=1S/C50H95N2O6P/c1-6-8-10-12-14-16-17-18-19-20-21-22-23-24-25-26-27-28-29-30-31-32-33-34-36-38-40-42-44-50(54)51-48(47-58-59(55,56)57-46-45-52(3,4)5)49(53)43-41-39-37-35-15-13-11-9-7-2/h7,9,15,24-25,35,41,43,48-49,53H,6,8,10-14,16-23,26-34,36-40,42,44-47H2,1-5H3,(H-,51,54,55,56)/p+1/b9-7+,25-24-,35-15+,43-41+. The van der Waals surface area contributed by atoms with Gasteiger partial charge in [-0.3, -0.25) is 13.8 Å². The molecule has 3 unspecified atom stereocenters. The highest BCUT2D eigenvalue weighted by Crippen LogP contribution is 2.43. The zero-order chi connectivity index (χ0) is 43.6. The predicted octanol–water partition coefficient (Wildman–Crippen LogP) is 14.0. The second-order valence-corrected chi connectivity index (χ2v) is 19.3. The van der Waals surface area contributed by atoms with Crippen LogP contribution in [0.15, 0.2) is 48.6 Å². The summed E-state index contributed by atoms with van der Waals surface area (Å²) in [6.07, 6.45) is 53.8. The average Bonchev–Trinajstić information content (AvgIpc) is 3.19. The van der Waals surface area contributed by atoms with Gasteiger partial charge in [0, 0.05) is 6.42 Å². The molecule has 8 nitrogen and oxygen atoms in total. The summed E-state index contributed by atoms with van der Waals surface area (Å²) in [5.74, 6) is -0.195. The Bertz CT molecular complexity index is 1100. The normalized spacial score (nSPS) is 14.6. The van der Waals surface area contributed by atoms with Crippen molar-refractivity contribution in [2.24, 2.45) is 0 Å². The summed E-state index contributed by atoms with van der Waals surface area (Å²) in [6, 6.07) is -0.867. The zero-order valence-corrected chi connectivity index (χ0v) is 40.1. The van der Waals surface area contributed by atoms with E-state index in [1.165, 1.54) is 148 Å². The van der Waals surface area contributed by atoms with Gasteiger partial charge in [0.15, 0.2) is 0 Å². The van der Waals surface area contributed by atoms with Crippen LogP contribution in [-0.4, -0.2) is 73.4 Å². The lowest BCUT2D eigenvalue weighted by Gasteiger charge is -2.25. The second-order valence-electron chi connectivity index (χ2n) is 17.8. The Morgan fingerprint density at radius 2 is 1.00 bits per heavy atom. The third kappa shape index (κ3) is 44.3. The van der Waals surface area contributed by atoms with Gasteiger partial charge in [-0.15, -0.1) is 0 Å². The van der Waals surface area contributed by atoms with Gasteiger partial charge in [0.2, 0.25) is 5.91 Å². The van der Waals surface area contributed by atoms with E-state index in [2.05, 4.69) is 42.6 Å². The molecule has 346 valence electrons. The van der Waals surface area contributed by atoms with Crippen molar-refractivity contribution in [1.82, 2.24) is 5.32 Å². The Morgan fingerprint density at radius 1 is 0.593 bits per heavy atom. The lowest BCUT2D eigenvalue weighted by Crippen LogP contribution is -2.45. The number of hydrogen-bond acceptors (Lipinski definition) is 5. The molecule has 0 bridgehead atoms. The number of nitrogens with zero attached hydrogens (tertiary/aromatic N) is 1. The lowest BCUT2D eigenvalue weighted by atomic mass is 10.0. The van der Waals surface area contributed by atoms with Crippen molar-refractivity contribution in [3.05, 3.63) is 48.6 Å². The number of phosphoric acid groups is 1. The van der Waals surface area contributed by atoms with Crippen LogP contribution in [0.5, 0.6) is 0 Å². The van der Waals surface area contributed by atoms with Gasteiger partial charge in [-0.25, -0.2) is 4.57 Å². The third-order valence-corrected chi connectivity index (χ3v) is 11.8. The maximum absolute atomic E-state index is 12.9. The number of aliphatic hydroxyl groups is 1. The number of nitrogens with one attached hydrogen (secondary N) is 1. The highest BCUT2D eigenvalue weighted by atomic mass is 31.2. The largest absolute Gasteiger partial charge is 0.472 e. The van der Waals surface area contributed by atoms with Crippen LogP contribution in [0.4, 0.5) is 0 Å². The van der Waals surface area contributed by atoms with Crippen LogP contribution >= 0.6 is 7.82 Å². The fourth-order valence-corrected chi connectivity index (χ4v) is 7.69. The Morgan fingerprint density at radius 3 is 1.46 bits per heavy atom. The number of amides is 1. The molecule has 0 aliphatic carbocycles. The van der Waals surface area contributed by atoms with Crippen molar-refractivity contribution in [3.8, 4) is 0 Å². The molecular formula is C50H96N2O6P+. The van der Waals surface area contributed by atoms with E-state index in [0.717, 1.165) is 44.9 Å². The number of phosphoric ester groups is 1. The molecule has 0 fully saturated rings. The maximum Gasteiger partial charge on any atom is 0.472 e. The third-order valence-electron chi connectivity index (χ3n) is 10.8. The van der Waals surface area contributed by atoms with Gasteiger partial charge < -0.3 is 19.8 Å². The first-order valence-corrected chi connectivity index (χ1v) is 26.0. The number of hydrogen-bond donors (Lipinski definition) is 3. The number of rotatable bonds is 44. The van der Waals surface area contributed by atoms with Gasteiger partial charge in [-0.2, -0.15) is 0 Å². The van der Waals surface area contributed by atoms with Crippen LogP contribution in [0.2, 0.25) is 0 Å². The smallest absolute Gasteiger partial charge is 0.387 e. The number of likely N-dealkylation sites (N-methyl/N-ethyl adjacent to an activating group) is 1. The molecule has 59 heavy (non-hydrogen) atoms. The molecule has 0 aromatic carbocycles. The molecule has 1 amide bonds. The van der Waals surface area contributed by atoms with Crippen LogP contribution in [0, 0.1) is 0 Å². The van der Waals surface area contributed by atoms with E-state index in [1.54, 1.807) is 6.08 Å². The van der Waals surface area contributed by atoms with Crippen molar-refractivity contribution in [1.29, 1.82) is 0 Å². The number of quaternary nitrogens is 1. The minimum atomic E-state index is -4.34. The molecule has 0 aromatic heterocycles. The Labute approximate surface area is 365 Å². The van der Waals surface area contributed by atoms with Gasteiger partial charge in [-0.05, 0) is 64.7 Å². The first-order valence-electron chi connectivity index (χ1n) is 24.5. The lowest BCUT2D eigenvalue weighted by molar-refractivity contribution is -0.870. The van der Waals surface area contributed by atoms with E-state index in [0.29, 0.717) is 17.4 Å². The highest BCUT2D eigenvalue weighted by molar-refractivity contribution is 7.47. The number of unbranched alkanes of at least 4 members (excludes halogenated alkanes) is 26. The van der Waals surface area contributed by atoms with Gasteiger partial charge in [0.05, 0.1) is 39.9 Å². The van der Waals surface area contributed by atoms with Gasteiger partial charge >= 0.3 is 7.82 Å². The summed E-state index contributed by atoms with van der Waals surface area (Å²) >= 11 is 0. The van der Waals surface area contributed by atoms with Gasteiger partial charge in [-0.1, -0.05) is 190 Å². The van der Waals surface area contributed by atoms with Crippen molar-refractivity contribution >= 4 is 13.7 Å². The number of allylic oxidation sites excluding steroid dienone is 7. The van der Waals surface area contributed by atoms with Crippen LogP contribution < -0.4 is 5.32 Å². The van der Waals surface area contributed by atoms with Crippen molar-refractivity contribution in [2.45, 2.75) is 225 Å². The summed E-state index contributed by atoms with van der Waals surface area (Å²) in [4.78, 5) is 23.1. The molecule has 0 aromatic rings. The summed E-state index contributed by atoms with van der Waals surface area (Å²) in [5.41, 5.74) is 0. The molecule has 0 aliphatic heterocycles. The van der Waals surface area contributed by atoms with Crippen LogP contribution in [0.3, 0.4) is 0 Å². The topological polar surface area (TPSA) is 105 Å². The maximum atomic E-state index is 12.9. The Hall–Kier alpha value is -1.54. The summed E-state index contributed by atoms with van der Waals surface area (Å²) in [5, 5.41) is 13.7. The molecule has 9 heteroatoms. The van der Waals surface area contributed by atoms with Crippen molar-refractivity contribution in [3.63, 3.8) is 0 Å². The van der Waals surface area contributed by atoms with E-state index >= 15 is 0 Å². The molecule has 0 heterocycles. The number of aliphatic hydroxyl groups excluding tert-OH is 1. The average molecular weight is 852 g/mol. The molecule has 0 radical (unpaired) electrons. The predicted molar refractivity (Wildman–Crippen MR) is 254 cm³/mol. The fraction of sp³-hybridized carbons (Fsp3) is 0.820. The van der Waals surface area contributed by atoms with Crippen LogP contribution in [0.25, 0.3) is 0 Å². The molecule has 0 saturated heterocycles. The summed E-state index contributed by atoms with van der Waals surface area (Å²) in [7, 11) is 1.54. The Balaban J connectivity index is 4.06. The minimum Gasteiger partial charge on any atom is -0.387 e. The van der Waals surface area contributed by atoms with Crippen LogP contribution in [0.1, 0.15) is 213 Å². The zero-order valence-electron chi connectivity index (χ0n) is 39.2. The number of carbonyl (C=O) groups is 1. The van der Waals surface area contributed by atoms with Crippen molar-refractivity contribution < 1.29 is 32.9 Å². The van der Waals surface area contributed by atoms with Crippen molar-refractivity contribution in [2.75, 3.05) is 40.9 Å². The molecule has 0 rings (SSSR count). The number of carbonyl (C=O) groups excluding carboxylic acids is 1. The van der Waals surface area contributed by atoms with Gasteiger partial charge in [0.1, 0.15) is 13.2 Å².